The topological polar surface area (TPSA) is 29.5 Å². The number of carbonyl (C=O) groups is 1. The number of hydrogen-bond acceptors (Lipinski definition) is 3. The molecule has 0 spiro atoms. The van der Waals surface area contributed by atoms with E-state index in [0.29, 0.717) is 26.1 Å². The maximum Gasteiger partial charge on any atom is 0.264 e. The number of carbonyl (C=O) groups excluding carboxylic acids is 1. The summed E-state index contributed by atoms with van der Waals surface area (Å²) in [4.78, 5) is 15.4. The van der Waals surface area contributed by atoms with E-state index < -0.39 is 6.43 Å². The molecule has 0 amide bonds. The first-order chi connectivity index (χ1) is 13.1. The first-order valence-corrected chi connectivity index (χ1v) is 9.42. The molecule has 142 valence electrons. The van der Waals surface area contributed by atoms with Gasteiger partial charge in [-0.1, -0.05) is 54.6 Å². The number of piperidine rings is 1. The fourth-order valence-electron chi connectivity index (χ4n) is 4.39. The second kappa shape index (κ2) is 7.87. The van der Waals surface area contributed by atoms with Gasteiger partial charge in [0, 0.05) is 35.7 Å². The van der Waals surface area contributed by atoms with Gasteiger partial charge in [-0.15, -0.1) is 0 Å². The number of Topliss-reactive ketones (excluding diaryl/α,β-unsaturated/α-hetero) is 1. The van der Waals surface area contributed by atoms with Crippen LogP contribution in [-0.4, -0.2) is 36.0 Å². The van der Waals surface area contributed by atoms with Gasteiger partial charge in [-0.3, -0.25) is 9.69 Å². The van der Waals surface area contributed by atoms with Crippen molar-refractivity contribution in [3.05, 3.63) is 71.3 Å². The highest BCUT2D eigenvalue weighted by molar-refractivity contribution is 5.99. The Balaban J connectivity index is 1.52. The summed E-state index contributed by atoms with van der Waals surface area (Å²) in [6, 6.07) is 16.7. The molecule has 0 N–H and O–H groups in total. The molecule has 2 aliphatic heterocycles. The molecule has 3 nitrogen and oxygen atoms in total. The summed E-state index contributed by atoms with van der Waals surface area (Å²) < 4.78 is 32.3. The molecule has 5 heteroatoms. The molecule has 2 aliphatic rings. The van der Waals surface area contributed by atoms with Gasteiger partial charge in [0.1, 0.15) is 0 Å². The number of benzene rings is 2. The molecular weight excluding hydrogens is 348 g/mol. The summed E-state index contributed by atoms with van der Waals surface area (Å²) in [6.45, 7) is 2.00. The average Bonchev–Trinajstić information content (AvgIpc) is 2.68. The van der Waals surface area contributed by atoms with Gasteiger partial charge in [-0.2, -0.15) is 0 Å². The fraction of sp³-hybridized carbons (Fsp3) is 0.409. The number of ether oxygens (including phenoxy) is 1. The van der Waals surface area contributed by atoms with Gasteiger partial charge in [-0.25, -0.2) is 8.78 Å². The van der Waals surface area contributed by atoms with E-state index in [1.54, 1.807) is 12.1 Å². The Morgan fingerprint density at radius 1 is 1.00 bits per heavy atom. The summed E-state index contributed by atoms with van der Waals surface area (Å²) in [5.74, 6) is -0.377. The molecule has 2 aromatic rings. The van der Waals surface area contributed by atoms with Crippen molar-refractivity contribution in [3.63, 3.8) is 0 Å². The second-order valence-corrected chi connectivity index (χ2v) is 7.42. The Kier molecular flexibility index (Phi) is 5.32. The number of fused-ring (bicyclic) bond motifs is 2. The van der Waals surface area contributed by atoms with E-state index in [9.17, 15) is 13.6 Å². The lowest BCUT2D eigenvalue weighted by Gasteiger charge is -2.48. The lowest BCUT2D eigenvalue weighted by molar-refractivity contribution is -0.0873. The van der Waals surface area contributed by atoms with E-state index >= 15 is 0 Å². The van der Waals surface area contributed by atoms with Crippen LogP contribution >= 0.6 is 0 Å². The number of halogens is 2. The van der Waals surface area contributed by atoms with Gasteiger partial charge >= 0.3 is 0 Å². The van der Waals surface area contributed by atoms with Crippen LogP contribution in [0.2, 0.25) is 0 Å². The maximum atomic E-state index is 13.3. The lowest BCUT2D eigenvalue weighted by Crippen LogP contribution is -2.57. The molecule has 0 radical (unpaired) electrons. The van der Waals surface area contributed by atoms with E-state index in [-0.39, 0.29) is 34.9 Å². The van der Waals surface area contributed by atoms with E-state index in [1.807, 2.05) is 18.2 Å². The number of rotatable bonds is 5. The smallest absolute Gasteiger partial charge is 0.264 e. The third-order valence-corrected chi connectivity index (χ3v) is 5.71. The monoisotopic (exact) mass is 371 g/mol. The van der Waals surface area contributed by atoms with E-state index in [0.717, 1.165) is 6.54 Å². The standard InChI is InChI=1S/C22H23F2NO2/c23-22(24)20-9-5-4-8-19(20)21(26)16-10-17-13-27-14-18(11-16)25(17)12-15-6-2-1-3-7-15/h1-9,16-18,22H,10-14H2. The van der Waals surface area contributed by atoms with Crippen LogP contribution in [0.25, 0.3) is 0 Å². The van der Waals surface area contributed by atoms with Gasteiger partial charge in [0.05, 0.1) is 13.2 Å². The van der Waals surface area contributed by atoms with Crippen LogP contribution in [0, 0.1) is 5.92 Å². The van der Waals surface area contributed by atoms with Crippen molar-refractivity contribution in [2.75, 3.05) is 13.2 Å². The molecule has 4 rings (SSSR count). The van der Waals surface area contributed by atoms with Crippen LogP contribution in [0.1, 0.15) is 40.8 Å². The lowest BCUT2D eigenvalue weighted by atomic mass is 9.79. The summed E-state index contributed by atoms with van der Waals surface area (Å²) in [6.07, 6.45) is -1.33. The van der Waals surface area contributed by atoms with Gasteiger partial charge in [0.2, 0.25) is 0 Å². The molecule has 2 heterocycles. The number of ketones is 1. The molecule has 27 heavy (non-hydrogen) atoms. The largest absolute Gasteiger partial charge is 0.378 e. The molecule has 2 fully saturated rings. The highest BCUT2D eigenvalue weighted by atomic mass is 19.3. The van der Waals surface area contributed by atoms with Gasteiger partial charge in [0.15, 0.2) is 5.78 Å². The molecule has 2 atom stereocenters. The van der Waals surface area contributed by atoms with Gasteiger partial charge in [0.25, 0.3) is 6.43 Å². The van der Waals surface area contributed by atoms with Crippen LogP contribution in [0.5, 0.6) is 0 Å². The minimum Gasteiger partial charge on any atom is -0.378 e. The number of hydrogen-bond donors (Lipinski definition) is 0. The summed E-state index contributed by atoms with van der Waals surface area (Å²) in [5.41, 5.74) is 1.26. The molecule has 2 aromatic carbocycles. The molecule has 2 unspecified atom stereocenters. The Bertz CT molecular complexity index is 782. The quantitative estimate of drug-likeness (QED) is 0.726. The van der Waals surface area contributed by atoms with Crippen molar-refractivity contribution < 1.29 is 18.3 Å². The van der Waals surface area contributed by atoms with Crippen molar-refractivity contribution in [3.8, 4) is 0 Å². The normalized spacial score (nSPS) is 25.5. The average molecular weight is 371 g/mol. The summed E-state index contributed by atoms with van der Waals surface area (Å²) in [5, 5.41) is 0. The van der Waals surface area contributed by atoms with Crippen LogP contribution in [0.4, 0.5) is 8.78 Å². The Morgan fingerprint density at radius 3 is 2.30 bits per heavy atom. The van der Waals surface area contributed by atoms with Gasteiger partial charge < -0.3 is 4.74 Å². The zero-order valence-corrected chi connectivity index (χ0v) is 15.1. The molecular formula is C22H23F2NO2. The van der Waals surface area contributed by atoms with Gasteiger partial charge in [-0.05, 0) is 18.4 Å². The number of nitrogens with zero attached hydrogens (tertiary/aromatic N) is 1. The summed E-state index contributed by atoms with van der Waals surface area (Å²) in [7, 11) is 0. The molecule has 0 aliphatic carbocycles. The minimum absolute atomic E-state index is 0.144. The Morgan fingerprint density at radius 2 is 1.63 bits per heavy atom. The van der Waals surface area contributed by atoms with E-state index in [4.69, 9.17) is 4.74 Å². The first kappa shape index (κ1) is 18.3. The van der Waals surface area contributed by atoms with Crippen LogP contribution in [-0.2, 0) is 11.3 Å². The summed E-state index contributed by atoms with van der Waals surface area (Å²) >= 11 is 0. The van der Waals surface area contributed by atoms with Crippen molar-refractivity contribution >= 4 is 5.78 Å². The zero-order chi connectivity index (χ0) is 18.8. The van der Waals surface area contributed by atoms with Crippen molar-refractivity contribution in [1.29, 1.82) is 0 Å². The highest BCUT2D eigenvalue weighted by Crippen LogP contribution is 2.36. The number of morpholine rings is 1. The molecule has 2 saturated heterocycles. The zero-order valence-electron chi connectivity index (χ0n) is 15.1. The predicted molar refractivity (Wildman–Crippen MR) is 98.8 cm³/mol. The Hall–Kier alpha value is -2.11. The van der Waals surface area contributed by atoms with Crippen molar-refractivity contribution in [2.45, 2.75) is 37.9 Å². The molecule has 2 bridgehead atoms. The van der Waals surface area contributed by atoms with Crippen molar-refractivity contribution in [1.82, 2.24) is 4.90 Å². The van der Waals surface area contributed by atoms with Crippen molar-refractivity contribution in [2.24, 2.45) is 5.92 Å². The Labute approximate surface area is 157 Å². The molecule has 0 aromatic heterocycles. The fourth-order valence-corrected chi connectivity index (χ4v) is 4.39. The SMILES string of the molecule is O=C(c1ccccc1C(F)F)C1CC2COCC(C1)N2Cc1ccccc1. The van der Waals surface area contributed by atoms with Crippen LogP contribution in [0.15, 0.2) is 54.6 Å². The maximum absolute atomic E-state index is 13.3. The van der Waals surface area contributed by atoms with Crippen LogP contribution < -0.4 is 0 Å². The van der Waals surface area contributed by atoms with Crippen LogP contribution in [0.3, 0.4) is 0 Å². The predicted octanol–water partition coefficient (Wildman–Crippen LogP) is 4.49. The number of alkyl halides is 2. The third kappa shape index (κ3) is 3.80. The second-order valence-electron chi connectivity index (χ2n) is 7.42. The van der Waals surface area contributed by atoms with E-state index in [2.05, 4.69) is 17.0 Å². The molecule has 0 saturated carbocycles. The third-order valence-electron chi connectivity index (χ3n) is 5.71. The first-order valence-electron chi connectivity index (χ1n) is 9.42. The van der Waals surface area contributed by atoms with E-state index in [1.165, 1.54) is 17.7 Å². The minimum atomic E-state index is -2.63. The highest BCUT2D eigenvalue weighted by Gasteiger charge is 2.41.